The number of hydrogen-bond donors (Lipinski definition) is 0. The summed E-state index contributed by atoms with van der Waals surface area (Å²) in [5, 5.41) is 42.3. The molecule has 2 unspecified atom stereocenters. The van der Waals surface area contributed by atoms with Crippen molar-refractivity contribution in [2.75, 3.05) is 0 Å². The molecule has 0 N–H and O–H groups in total. The molecule has 41 heavy (non-hydrogen) atoms. The fraction of sp³-hybridized carbons (Fsp3) is 0.500. The summed E-state index contributed by atoms with van der Waals surface area (Å²) in [6.07, 6.45) is 1.71. The number of carboxylic acid groups (broad SMARTS) is 4. The predicted molar refractivity (Wildman–Crippen MR) is 154 cm³/mol. The van der Waals surface area contributed by atoms with Crippen LogP contribution in [0, 0.1) is 11.8 Å². The van der Waals surface area contributed by atoms with E-state index in [0.717, 1.165) is 19.0 Å². The summed E-state index contributed by atoms with van der Waals surface area (Å²) in [5.41, 5.74) is 1.82. The summed E-state index contributed by atoms with van der Waals surface area (Å²) in [4.78, 5) is 42.3. The molecular weight excluding hydrogens is 631 g/mol. The largest absolute Gasteiger partial charge is 0.550 e. The molecule has 0 saturated heterocycles. The van der Waals surface area contributed by atoms with Crippen molar-refractivity contribution in [2.45, 2.75) is 86.9 Å². The SMILES string of the molecule is C[CH](C)[SnH2+4][CH](C)C.O=C([O-])CCCC(Cc1ccccc1)C(=O)[O-].O=C([O-])CCCC(Cc1ccccc1)C(=O)[O-]. The van der Waals surface area contributed by atoms with Gasteiger partial charge in [0.1, 0.15) is 0 Å². The van der Waals surface area contributed by atoms with Crippen LogP contribution in [0.15, 0.2) is 60.7 Å². The first kappa shape index (κ1) is 38.1. The number of aliphatic carboxylic acids is 4. The zero-order chi connectivity index (χ0) is 31.2. The molecule has 0 fully saturated rings. The second kappa shape index (κ2) is 22.8. The van der Waals surface area contributed by atoms with E-state index in [1.807, 2.05) is 60.7 Å². The third-order valence-electron chi connectivity index (χ3n) is 6.13. The smallest absolute Gasteiger partial charge is 0.0448 e. The minimum atomic E-state index is -1.15. The molecule has 8 nitrogen and oxygen atoms in total. The van der Waals surface area contributed by atoms with Crippen molar-refractivity contribution in [3.63, 3.8) is 0 Å². The van der Waals surface area contributed by atoms with Gasteiger partial charge in [0, 0.05) is 35.7 Å². The molecule has 0 bridgehead atoms. The Morgan fingerprint density at radius 1 is 0.585 bits per heavy atom. The summed E-state index contributed by atoms with van der Waals surface area (Å²) in [5.74, 6) is -5.85. The van der Waals surface area contributed by atoms with Gasteiger partial charge in [0.05, 0.1) is 0 Å². The number of carboxylic acids is 4. The van der Waals surface area contributed by atoms with E-state index in [2.05, 4.69) is 27.7 Å². The fourth-order valence-electron chi connectivity index (χ4n) is 4.33. The molecule has 0 aromatic heterocycles. The first-order valence-corrected chi connectivity index (χ1v) is 18.9. The summed E-state index contributed by atoms with van der Waals surface area (Å²) in [6, 6.07) is 18.4. The van der Waals surface area contributed by atoms with Crippen molar-refractivity contribution in [1.82, 2.24) is 0 Å². The van der Waals surface area contributed by atoms with Crippen LogP contribution < -0.4 is 20.4 Å². The Morgan fingerprint density at radius 2 is 0.902 bits per heavy atom. The van der Waals surface area contributed by atoms with Crippen LogP contribution in [0.5, 0.6) is 0 Å². The van der Waals surface area contributed by atoms with Crippen LogP contribution in [-0.2, 0) is 32.0 Å². The first-order chi connectivity index (χ1) is 19.3. The van der Waals surface area contributed by atoms with Gasteiger partial charge >= 0.3 is 56.7 Å². The van der Waals surface area contributed by atoms with Gasteiger partial charge in [-0.25, -0.2) is 0 Å². The average molecular weight is 675 g/mol. The topological polar surface area (TPSA) is 161 Å². The minimum absolute atomic E-state index is 0.113. The number of carbonyl (C=O) groups excluding carboxylic acids is 4. The van der Waals surface area contributed by atoms with Crippen molar-refractivity contribution < 1.29 is 39.6 Å². The molecule has 4 radical (unpaired) electrons. The normalized spacial score (nSPS) is 11.9. The van der Waals surface area contributed by atoms with E-state index in [-0.39, 0.29) is 34.0 Å². The van der Waals surface area contributed by atoms with E-state index in [9.17, 15) is 39.6 Å². The monoisotopic (exact) mass is 676 g/mol. The number of rotatable bonds is 16. The maximum Gasteiger partial charge on any atom is 0.0448 e. The Morgan fingerprint density at radius 3 is 1.12 bits per heavy atom. The van der Waals surface area contributed by atoms with Crippen molar-refractivity contribution >= 4 is 45.0 Å². The molecule has 0 heterocycles. The van der Waals surface area contributed by atoms with Crippen LogP contribution in [0.4, 0.5) is 0 Å². The molecule has 9 heteroatoms. The van der Waals surface area contributed by atoms with E-state index in [1.54, 1.807) is 0 Å². The van der Waals surface area contributed by atoms with Crippen molar-refractivity contribution in [1.29, 1.82) is 0 Å². The molecule has 2 rings (SSSR count). The van der Waals surface area contributed by atoms with Crippen LogP contribution in [0.25, 0.3) is 0 Å². The molecule has 0 amide bonds. The standard InChI is InChI=1S/2C13H16O4.2C3H7.Sn.2H/c2*14-12(15)8-4-7-11(13(16)17)9-10-5-2-1-3-6-10;2*1-3-2;;;/h2*1-3,5-6,11H,4,7-9H2,(H,14,15)(H,16,17);2*3H,1-2H3;;;/q;;;;+4;;/p-4. The Balaban J connectivity index is 0.000000637. The second-order valence-corrected chi connectivity index (χ2v) is 21.6. The molecule has 0 spiro atoms. The molecule has 0 saturated carbocycles. The van der Waals surface area contributed by atoms with Gasteiger partial charge in [-0.2, -0.15) is 0 Å². The van der Waals surface area contributed by atoms with Crippen LogP contribution in [0.3, 0.4) is 0 Å². The molecule has 2 atom stereocenters. The van der Waals surface area contributed by atoms with Gasteiger partial charge in [0.25, 0.3) is 0 Å². The molecule has 0 aliphatic carbocycles. The van der Waals surface area contributed by atoms with E-state index < -0.39 is 35.7 Å². The third kappa shape index (κ3) is 22.5. The number of carbonyl (C=O) groups is 4. The van der Waals surface area contributed by atoms with Crippen LogP contribution >= 0.6 is 0 Å². The maximum absolute atomic E-state index is 10.9. The maximum atomic E-state index is 10.9. The van der Waals surface area contributed by atoms with Gasteiger partial charge in [-0.15, -0.1) is 0 Å². The molecule has 224 valence electrons. The molecule has 0 aliphatic rings. The van der Waals surface area contributed by atoms with Gasteiger partial charge in [-0.1, -0.05) is 60.7 Å². The number of benzene rings is 2. The van der Waals surface area contributed by atoms with E-state index in [1.165, 1.54) is 0 Å². The van der Waals surface area contributed by atoms with Gasteiger partial charge in [-0.05, 0) is 62.5 Å². The molecule has 2 aromatic carbocycles. The third-order valence-corrected chi connectivity index (χ3v) is 11.5. The van der Waals surface area contributed by atoms with Gasteiger partial charge in [-0.3, -0.25) is 0 Å². The van der Waals surface area contributed by atoms with E-state index >= 15 is 0 Å². The Labute approximate surface area is 254 Å². The van der Waals surface area contributed by atoms with Gasteiger partial charge in [0.2, 0.25) is 0 Å². The van der Waals surface area contributed by atoms with Gasteiger partial charge in [0.15, 0.2) is 0 Å². The Hall–Kier alpha value is -2.88. The summed E-state index contributed by atoms with van der Waals surface area (Å²) < 4.78 is 2.17. The predicted octanol–water partition coefficient (Wildman–Crippen LogP) is 0.843. The van der Waals surface area contributed by atoms with E-state index in [0.29, 0.717) is 38.5 Å². The van der Waals surface area contributed by atoms with Crippen LogP contribution in [0.2, 0.25) is 7.87 Å². The molecular formula is C32H44O8Sn. The summed E-state index contributed by atoms with van der Waals surface area (Å²) in [6.45, 7) is 9.43. The quantitative estimate of drug-likeness (QED) is 0.237. The second-order valence-electron chi connectivity index (χ2n) is 11.0. The van der Waals surface area contributed by atoms with Crippen molar-refractivity contribution in [3.05, 3.63) is 71.8 Å². The summed E-state index contributed by atoms with van der Waals surface area (Å²) >= 11 is -0.272. The first-order valence-electron chi connectivity index (χ1n) is 14.2. The average Bonchev–Trinajstić information content (AvgIpc) is 2.88. The Bertz CT molecular complexity index is 927. The zero-order valence-corrected chi connectivity index (χ0v) is 28.7. The van der Waals surface area contributed by atoms with Crippen LogP contribution in [0.1, 0.15) is 77.3 Å². The van der Waals surface area contributed by atoms with Crippen molar-refractivity contribution in [2.24, 2.45) is 11.8 Å². The fourth-order valence-corrected chi connectivity index (χ4v) is 9.71. The van der Waals surface area contributed by atoms with Gasteiger partial charge < -0.3 is 39.6 Å². The minimum Gasteiger partial charge on any atom is -0.550 e. The molecule has 2 aromatic rings. The molecule has 0 aliphatic heterocycles. The van der Waals surface area contributed by atoms with Crippen molar-refractivity contribution in [3.8, 4) is 0 Å². The van der Waals surface area contributed by atoms with Crippen LogP contribution in [-0.4, -0.2) is 45.0 Å². The summed E-state index contributed by atoms with van der Waals surface area (Å²) in [7, 11) is 0. The van der Waals surface area contributed by atoms with E-state index in [4.69, 9.17) is 0 Å². The zero-order valence-electron chi connectivity index (χ0n) is 24.7. The Kier molecular flexibility index (Phi) is 21.2. The number of hydrogen-bond acceptors (Lipinski definition) is 8.